The Morgan fingerprint density at radius 1 is 1.00 bits per heavy atom. The minimum Gasteiger partial charge on any atom is -0.341 e. The van der Waals surface area contributed by atoms with Gasteiger partial charge in [0.2, 0.25) is 15.9 Å². The Morgan fingerprint density at radius 3 is 2.14 bits per heavy atom. The molecule has 21 heavy (non-hydrogen) atoms. The maximum Gasteiger partial charge on any atom is 0.241 e. The van der Waals surface area contributed by atoms with E-state index < -0.39 is 16.1 Å². The molecule has 6 heteroatoms. The number of rotatable bonds is 3. The van der Waals surface area contributed by atoms with Gasteiger partial charge in [-0.1, -0.05) is 32.1 Å². The summed E-state index contributed by atoms with van der Waals surface area (Å²) in [6.45, 7) is 0.480. The van der Waals surface area contributed by atoms with Crippen LogP contribution in [0, 0.1) is 0 Å². The van der Waals surface area contributed by atoms with Crippen molar-refractivity contribution in [1.29, 1.82) is 0 Å². The van der Waals surface area contributed by atoms with E-state index in [4.69, 9.17) is 0 Å². The van der Waals surface area contributed by atoms with Crippen LogP contribution in [0.15, 0.2) is 0 Å². The average molecular weight is 316 g/mol. The number of hydrogen-bond donors (Lipinski definition) is 0. The molecule has 2 rings (SSSR count). The standard InChI is InChI=1S/C15H28N2O3S/c1-16(13-9-5-3-4-6-10-13)15(18)14-11-7-8-12-17(14)21(2,19)20/h13-14H,3-12H2,1-2H3. The number of carbonyl (C=O) groups excluding carboxylic acids is 1. The van der Waals surface area contributed by atoms with E-state index in [9.17, 15) is 13.2 Å². The molecule has 0 bridgehead atoms. The first kappa shape index (κ1) is 16.7. The second-order valence-corrected chi connectivity index (χ2v) is 8.41. The van der Waals surface area contributed by atoms with Gasteiger partial charge >= 0.3 is 0 Å². The van der Waals surface area contributed by atoms with Crippen molar-refractivity contribution in [2.75, 3.05) is 19.8 Å². The molecule has 2 aliphatic rings. The number of amides is 1. The molecule has 0 spiro atoms. The fourth-order valence-electron chi connectivity index (χ4n) is 3.61. The van der Waals surface area contributed by atoms with Gasteiger partial charge in [0.15, 0.2) is 0 Å². The van der Waals surface area contributed by atoms with Crippen LogP contribution in [-0.4, -0.2) is 55.5 Å². The number of likely N-dealkylation sites (N-methyl/N-ethyl adjacent to an activating group) is 1. The Morgan fingerprint density at radius 2 is 1.57 bits per heavy atom. The summed E-state index contributed by atoms with van der Waals surface area (Å²) in [5.41, 5.74) is 0. The number of piperidine rings is 1. The van der Waals surface area contributed by atoms with Gasteiger partial charge in [0, 0.05) is 19.6 Å². The SMILES string of the molecule is CN(C(=O)C1CCCCN1S(C)(=O)=O)C1CCCCCC1. The lowest BCUT2D eigenvalue weighted by molar-refractivity contribution is -0.137. The van der Waals surface area contributed by atoms with Gasteiger partial charge in [-0.05, 0) is 25.7 Å². The summed E-state index contributed by atoms with van der Waals surface area (Å²) >= 11 is 0. The van der Waals surface area contributed by atoms with Gasteiger partial charge in [-0.3, -0.25) is 4.79 Å². The average Bonchev–Trinajstić information content (AvgIpc) is 2.74. The molecule has 0 aromatic rings. The Bertz CT molecular complexity index is 456. The molecule has 0 radical (unpaired) electrons. The molecule has 5 nitrogen and oxygen atoms in total. The van der Waals surface area contributed by atoms with E-state index in [1.54, 1.807) is 0 Å². The molecule has 1 aliphatic carbocycles. The summed E-state index contributed by atoms with van der Waals surface area (Å²) in [5, 5.41) is 0. The lowest BCUT2D eigenvalue weighted by Gasteiger charge is -2.37. The van der Waals surface area contributed by atoms with Crippen LogP contribution in [0.5, 0.6) is 0 Å². The summed E-state index contributed by atoms with van der Waals surface area (Å²) in [6.07, 6.45) is 10.6. The number of hydrogen-bond acceptors (Lipinski definition) is 3. The summed E-state index contributed by atoms with van der Waals surface area (Å²) in [5.74, 6) is -0.00738. The van der Waals surface area contributed by atoms with Gasteiger partial charge in [-0.2, -0.15) is 4.31 Å². The van der Waals surface area contributed by atoms with Gasteiger partial charge < -0.3 is 4.90 Å². The monoisotopic (exact) mass is 316 g/mol. The highest BCUT2D eigenvalue weighted by molar-refractivity contribution is 7.88. The lowest BCUT2D eigenvalue weighted by atomic mass is 10.0. The number of sulfonamides is 1. The van der Waals surface area contributed by atoms with E-state index in [-0.39, 0.29) is 11.9 Å². The molecule has 0 aromatic carbocycles. The van der Waals surface area contributed by atoms with Gasteiger partial charge in [-0.25, -0.2) is 8.42 Å². The van der Waals surface area contributed by atoms with Crippen LogP contribution in [-0.2, 0) is 14.8 Å². The van der Waals surface area contributed by atoms with Crippen molar-refractivity contribution in [2.45, 2.75) is 69.9 Å². The zero-order valence-corrected chi connectivity index (χ0v) is 14.1. The predicted molar refractivity (Wildman–Crippen MR) is 83.4 cm³/mol. The number of carbonyl (C=O) groups is 1. The molecule has 0 aromatic heterocycles. The Kier molecular flexibility index (Phi) is 5.66. The molecule has 1 aliphatic heterocycles. The molecule has 1 saturated heterocycles. The van der Waals surface area contributed by atoms with Crippen molar-refractivity contribution < 1.29 is 13.2 Å². The van der Waals surface area contributed by atoms with E-state index >= 15 is 0 Å². The van der Waals surface area contributed by atoms with Crippen molar-refractivity contribution in [3.63, 3.8) is 0 Å². The molecule has 2 fully saturated rings. The summed E-state index contributed by atoms with van der Waals surface area (Å²) < 4.78 is 25.2. The fraction of sp³-hybridized carbons (Fsp3) is 0.933. The van der Waals surface area contributed by atoms with Crippen LogP contribution in [0.4, 0.5) is 0 Å². The van der Waals surface area contributed by atoms with Crippen molar-refractivity contribution in [1.82, 2.24) is 9.21 Å². The molecule has 122 valence electrons. The van der Waals surface area contributed by atoms with Crippen molar-refractivity contribution >= 4 is 15.9 Å². The van der Waals surface area contributed by atoms with Crippen LogP contribution in [0.25, 0.3) is 0 Å². The molecular formula is C15H28N2O3S. The third-order valence-corrected chi connectivity index (χ3v) is 6.17. The third-order valence-electron chi connectivity index (χ3n) is 4.88. The van der Waals surface area contributed by atoms with Gasteiger partial charge in [0.1, 0.15) is 6.04 Å². The predicted octanol–water partition coefficient (Wildman–Crippen LogP) is 1.98. The van der Waals surface area contributed by atoms with Crippen molar-refractivity contribution in [3.8, 4) is 0 Å². The van der Waals surface area contributed by atoms with Gasteiger partial charge in [0.05, 0.1) is 6.26 Å². The maximum atomic E-state index is 12.8. The summed E-state index contributed by atoms with van der Waals surface area (Å²) in [6, 6.07) is -0.203. The topological polar surface area (TPSA) is 57.7 Å². The highest BCUT2D eigenvalue weighted by atomic mass is 32.2. The minimum absolute atomic E-state index is 0.00738. The van der Waals surface area contributed by atoms with Gasteiger partial charge in [0.25, 0.3) is 0 Å². The first-order chi connectivity index (χ1) is 9.91. The highest BCUT2D eigenvalue weighted by Crippen LogP contribution is 2.25. The summed E-state index contributed by atoms with van der Waals surface area (Å²) in [7, 11) is -1.45. The van der Waals surface area contributed by atoms with E-state index in [1.807, 2.05) is 11.9 Å². The van der Waals surface area contributed by atoms with E-state index in [2.05, 4.69) is 0 Å². The van der Waals surface area contributed by atoms with Crippen LogP contribution in [0.3, 0.4) is 0 Å². The minimum atomic E-state index is -3.31. The second kappa shape index (κ2) is 7.09. The van der Waals surface area contributed by atoms with Crippen LogP contribution in [0.2, 0.25) is 0 Å². The van der Waals surface area contributed by atoms with Crippen LogP contribution in [0.1, 0.15) is 57.8 Å². The zero-order valence-electron chi connectivity index (χ0n) is 13.3. The van der Waals surface area contributed by atoms with Gasteiger partial charge in [-0.15, -0.1) is 0 Å². The van der Waals surface area contributed by atoms with Crippen molar-refractivity contribution in [3.05, 3.63) is 0 Å². The van der Waals surface area contributed by atoms with Crippen molar-refractivity contribution in [2.24, 2.45) is 0 Å². The normalized spacial score (nSPS) is 26.3. The smallest absolute Gasteiger partial charge is 0.241 e. The lowest BCUT2D eigenvalue weighted by Crippen LogP contribution is -2.53. The molecule has 1 amide bonds. The second-order valence-electron chi connectivity index (χ2n) is 6.48. The first-order valence-electron chi connectivity index (χ1n) is 8.15. The highest BCUT2D eigenvalue weighted by Gasteiger charge is 2.37. The summed E-state index contributed by atoms with van der Waals surface area (Å²) in [4.78, 5) is 14.6. The Balaban J connectivity index is 2.08. The van der Waals surface area contributed by atoms with Crippen LogP contribution >= 0.6 is 0 Å². The third kappa shape index (κ3) is 4.19. The van der Waals surface area contributed by atoms with Crippen LogP contribution < -0.4 is 0 Å². The fourth-order valence-corrected chi connectivity index (χ4v) is 4.73. The van der Waals surface area contributed by atoms with E-state index in [0.717, 1.165) is 25.7 Å². The van der Waals surface area contributed by atoms with E-state index in [0.29, 0.717) is 13.0 Å². The molecule has 0 N–H and O–H groups in total. The molecule has 1 saturated carbocycles. The zero-order chi connectivity index (χ0) is 15.5. The maximum absolute atomic E-state index is 12.8. The molecule has 1 atom stereocenters. The molecular weight excluding hydrogens is 288 g/mol. The quantitative estimate of drug-likeness (QED) is 0.748. The Labute approximate surface area is 128 Å². The van der Waals surface area contributed by atoms with E-state index in [1.165, 1.54) is 36.2 Å². The largest absolute Gasteiger partial charge is 0.341 e. The Hall–Kier alpha value is -0.620. The number of nitrogens with zero attached hydrogens (tertiary/aromatic N) is 2. The first-order valence-corrected chi connectivity index (χ1v) is 9.99. The molecule has 1 heterocycles. The molecule has 1 unspecified atom stereocenters.